The van der Waals surface area contributed by atoms with Crippen LogP contribution in [0, 0.1) is 0 Å². The van der Waals surface area contributed by atoms with Crippen molar-refractivity contribution >= 4 is 23.2 Å². The fraction of sp³-hybridized carbons (Fsp3) is 0.381. The van der Waals surface area contributed by atoms with E-state index in [-0.39, 0.29) is 12.5 Å². The first-order chi connectivity index (χ1) is 12.7. The number of amides is 1. The first-order valence-corrected chi connectivity index (χ1v) is 9.59. The summed E-state index contributed by atoms with van der Waals surface area (Å²) in [5.41, 5.74) is 2.82. The number of likely N-dealkylation sites (tertiary alicyclic amines) is 1. The lowest BCUT2D eigenvalue weighted by Gasteiger charge is -2.38. The molecule has 2 aromatic carbocycles. The molecule has 0 aromatic heterocycles. The predicted molar refractivity (Wildman–Crippen MR) is 104 cm³/mol. The number of rotatable bonds is 4. The van der Waals surface area contributed by atoms with Gasteiger partial charge in [0.25, 0.3) is 5.91 Å². The minimum Gasteiger partial charge on any atom is -0.484 e. The lowest BCUT2D eigenvalue weighted by atomic mass is 10.0. The summed E-state index contributed by atoms with van der Waals surface area (Å²) in [5, 5.41) is 0.661. The van der Waals surface area contributed by atoms with Gasteiger partial charge in [-0.25, -0.2) is 0 Å². The van der Waals surface area contributed by atoms with Crippen LogP contribution in [0.2, 0.25) is 5.02 Å². The van der Waals surface area contributed by atoms with Crippen LogP contribution in [-0.4, -0.2) is 43.1 Å². The van der Waals surface area contributed by atoms with Crippen LogP contribution in [0.5, 0.6) is 5.75 Å². The first kappa shape index (κ1) is 17.2. The Bertz CT molecular complexity index is 770. The molecule has 0 spiro atoms. The van der Waals surface area contributed by atoms with Crippen molar-refractivity contribution in [1.82, 2.24) is 4.90 Å². The van der Waals surface area contributed by atoms with Crippen LogP contribution in [0.25, 0.3) is 0 Å². The zero-order valence-corrected chi connectivity index (χ0v) is 15.5. The lowest BCUT2D eigenvalue weighted by molar-refractivity contribution is -0.134. The Morgan fingerprint density at radius 2 is 1.77 bits per heavy atom. The van der Waals surface area contributed by atoms with Crippen molar-refractivity contribution in [3.05, 3.63) is 59.1 Å². The van der Waals surface area contributed by atoms with E-state index in [1.807, 2.05) is 4.90 Å². The maximum Gasteiger partial charge on any atom is 0.260 e. The van der Waals surface area contributed by atoms with Crippen molar-refractivity contribution in [3.63, 3.8) is 0 Å². The largest absolute Gasteiger partial charge is 0.484 e. The standard InChI is InChI=1S/C21H23ClN2O2/c22-17-5-7-19(8-6-17)26-15-21(25)23-12-10-18(11-13-23)24-14-9-16-3-1-2-4-20(16)24/h1-8,18H,9-15H2. The predicted octanol–water partition coefficient (Wildman–Crippen LogP) is 3.77. The molecule has 5 heteroatoms. The second-order valence-electron chi connectivity index (χ2n) is 6.93. The minimum atomic E-state index is 0.0558. The number of hydrogen-bond acceptors (Lipinski definition) is 3. The molecule has 1 fully saturated rings. The quantitative estimate of drug-likeness (QED) is 0.821. The Labute approximate surface area is 159 Å². The van der Waals surface area contributed by atoms with E-state index in [0.29, 0.717) is 16.8 Å². The maximum atomic E-state index is 12.4. The number of piperidine rings is 1. The molecule has 0 bridgehead atoms. The van der Waals surface area contributed by atoms with Gasteiger partial charge < -0.3 is 14.5 Å². The zero-order valence-electron chi connectivity index (χ0n) is 14.7. The van der Waals surface area contributed by atoms with Gasteiger partial charge in [-0.3, -0.25) is 4.79 Å². The fourth-order valence-electron chi connectivity index (χ4n) is 3.94. The molecule has 0 atom stereocenters. The van der Waals surface area contributed by atoms with E-state index in [9.17, 15) is 4.79 Å². The maximum absolute atomic E-state index is 12.4. The molecule has 0 saturated carbocycles. The second-order valence-corrected chi connectivity index (χ2v) is 7.36. The van der Waals surface area contributed by atoms with Gasteiger partial charge in [0.2, 0.25) is 0 Å². The molecule has 26 heavy (non-hydrogen) atoms. The highest BCUT2D eigenvalue weighted by molar-refractivity contribution is 6.30. The average molecular weight is 371 g/mol. The molecular formula is C21H23ClN2O2. The summed E-state index contributed by atoms with van der Waals surface area (Å²) < 4.78 is 5.59. The highest BCUT2D eigenvalue weighted by atomic mass is 35.5. The Balaban J connectivity index is 1.28. The number of anilines is 1. The van der Waals surface area contributed by atoms with E-state index in [2.05, 4.69) is 29.2 Å². The Morgan fingerprint density at radius 1 is 1.04 bits per heavy atom. The lowest BCUT2D eigenvalue weighted by Crippen LogP contribution is -2.47. The molecule has 4 rings (SSSR count). The number of carbonyl (C=O) groups excluding carboxylic acids is 1. The average Bonchev–Trinajstić information content (AvgIpc) is 3.11. The Morgan fingerprint density at radius 3 is 2.54 bits per heavy atom. The van der Waals surface area contributed by atoms with Gasteiger partial charge in [-0.15, -0.1) is 0 Å². The van der Waals surface area contributed by atoms with Gasteiger partial charge in [-0.1, -0.05) is 29.8 Å². The summed E-state index contributed by atoms with van der Waals surface area (Å²) in [4.78, 5) is 16.9. The molecule has 0 aliphatic carbocycles. The van der Waals surface area contributed by atoms with Gasteiger partial charge in [0.05, 0.1) is 0 Å². The molecule has 1 saturated heterocycles. The van der Waals surface area contributed by atoms with E-state index in [0.717, 1.165) is 38.9 Å². The number of hydrogen-bond donors (Lipinski definition) is 0. The van der Waals surface area contributed by atoms with E-state index in [1.54, 1.807) is 24.3 Å². The molecule has 2 aromatic rings. The highest BCUT2D eigenvalue weighted by Crippen LogP contribution is 2.32. The molecule has 2 aliphatic heterocycles. The summed E-state index contributed by atoms with van der Waals surface area (Å²) in [6.45, 7) is 2.77. The molecule has 136 valence electrons. The van der Waals surface area contributed by atoms with E-state index >= 15 is 0 Å². The summed E-state index contributed by atoms with van der Waals surface area (Å²) in [6.07, 6.45) is 3.16. The van der Waals surface area contributed by atoms with Gasteiger partial charge in [0.15, 0.2) is 6.61 Å². The smallest absolute Gasteiger partial charge is 0.260 e. The van der Waals surface area contributed by atoms with Gasteiger partial charge in [-0.2, -0.15) is 0 Å². The topological polar surface area (TPSA) is 32.8 Å². The summed E-state index contributed by atoms with van der Waals surface area (Å²) in [6, 6.07) is 16.3. The van der Waals surface area contributed by atoms with E-state index < -0.39 is 0 Å². The SMILES string of the molecule is O=C(COc1ccc(Cl)cc1)N1CCC(N2CCc3ccccc32)CC1. The number of benzene rings is 2. The molecule has 0 unspecified atom stereocenters. The molecular weight excluding hydrogens is 348 g/mol. The second kappa shape index (κ2) is 7.58. The number of carbonyl (C=O) groups is 1. The van der Waals surface area contributed by atoms with Crippen LogP contribution in [0.3, 0.4) is 0 Å². The zero-order chi connectivity index (χ0) is 17.9. The number of nitrogens with zero attached hydrogens (tertiary/aromatic N) is 2. The van der Waals surface area contributed by atoms with Crippen LogP contribution in [0.1, 0.15) is 18.4 Å². The van der Waals surface area contributed by atoms with Gasteiger partial charge in [0.1, 0.15) is 5.75 Å². The normalized spacial score (nSPS) is 17.3. The van der Waals surface area contributed by atoms with Crippen molar-refractivity contribution < 1.29 is 9.53 Å². The van der Waals surface area contributed by atoms with Crippen molar-refractivity contribution in [2.45, 2.75) is 25.3 Å². The van der Waals surface area contributed by atoms with Crippen LogP contribution >= 0.6 is 11.6 Å². The third kappa shape index (κ3) is 3.65. The van der Waals surface area contributed by atoms with E-state index in [1.165, 1.54) is 11.3 Å². The van der Waals surface area contributed by atoms with Crippen molar-refractivity contribution in [2.75, 3.05) is 31.1 Å². The highest BCUT2D eigenvalue weighted by Gasteiger charge is 2.30. The van der Waals surface area contributed by atoms with Crippen molar-refractivity contribution in [1.29, 1.82) is 0 Å². The third-order valence-electron chi connectivity index (χ3n) is 5.36. The minimum absolute atomic E-state index is 0.0558. The van der Waals surface area contributed by atoms with Crippen LogP contribution in [-0.2, 0) is 11.2 Å². The number of ether oxygens (including phenoxy) is 1. The Hall–Kier alpha value is -2.20. The number of para-hydroxylation sites is 1. The van der Waals surface area contributed by atoms with E-state index in [4.69, 9.17) is 16.3 Å². The first-order valence-electron chi connectivity index (χ1n) is 9.21. The van der Waals surface area contributed by atoms with Gasteiger partial charge in [-0.05, 0) is 55.2 Å². The molecule has 0 N–H and O–H groups in total. The van der Waals surface area contributed by atoms with Crippen LogP contribution in [0.4, 0.5) is 5.69 Å². The summed E-state index contributed by atoms with van der Waals surface area (Å²) in [5.74, 6) is 0.728. The third-order valence-corrected chi connectivity index (χ3v) is 5.61. The van der Waals surface area contributed by atoms with Gasteiger partial charge >= 0.3 is 0 Å². The number of halogens is 1. The molecule has 2 aliphatic rings. The number of fused-ring (bicyclic) bond motifs is 1. The van der Waals surface area contributed by atoms with Crippen LogP contribution in [0.15, 0.2) is 48.5 Å². The summed E-state index contributed by atoms with van der Waals surface area (Å²) in [7, 11) is 0. The Kier molecular flexibility index (Phi) is 5.02. The fourth-order valence-corrected chi connectivity index (χ4v) is 4.06. The summed E-state index contributed by atoms with van der Waals surface area (Å²) >= 11 is 5.86. The van der Waals surface area contributed by atoms with Gasteiger partial charge in [0, 0.05) is 36.4 Å². The van der Waals surface area contributed by atoms with Crippen molar-refractivity contribution in [2.24, 2.45) is 0 Å². The van der Waals surface area contributed by atoms with Crippen LogP contribution < -0.4 is 9.64 Å². The molecule has 0 radical (unpaired) electrons. The molecule has 2 heterocycles. The molecule has 4 nitrogen and oxygen atoms in total. The van der Waals surface area contributed by atoms with Crippen molar-refractivity contribution in [3.8, 4) is 5.75 Å². The monoisotopic (exact) mass is 370 g/mol. The molecule has 1 amide bonds.